The van der Waals surface area contributed by atoms with Crippen LogP contribution in [0.5, 0.6) is 5.75 Å². The van der Waals surface area contributed by atoms with Crippen LogP contribution in [0.3, 0.4) is 0 Å². The van der Waals surface area contributed by atoms with Crippen molar-refractivity contribution >= 4 is 0 Å². The Labute approximate surface area is 89.4 Å². The molecule has 1 aromatic rings. The molecule has 1 aromatic carbocycles. The van der Waals surface area contributed by atoms with Crippen molar-refractivity contribution in [3.05, 3.63) is 29.8 Å². The zero-order chi connectivity index (χ0) is 10.1. The summed E-state index contributed by atoms with van der Waals surface area (Å²) in [6.45, 7) is 2.65. The summed E-state index contributed by atoms with van der Waals surface area (Å²) in [4.78, 5) is 0. The number of morpholine rings is 1. The second kappa shape index (κ2) is 3.83. The molecular weight excluding hydrogens is 190 g/mol. The molecule has 2 heterocycles. The van der Waals surface area contributed by atoms with E-state index in [1.807, 2.05) is 12.1 Å². The quantitative estimate of drug-likeness (QED) is 0.741. The second-order valence-corrected chi connectivity index (χ2v) is 4.08. The maximum Gasteiger partial charge on any atom is 0.130 e. The van der Waals surface area contributed by atoms with E-state index in [0.29, 0.717) is 0 Å². The van der Waals surface area contributed by atoms with Crippen molar-refractivity contribution in [3.8, 4) is 5.75 Å². The Morgan fingerprint density at radius 2 is 2.13 bits per heavy atom. The summed E-state index contributed by atoms with van der Waals surface area (Å²) in [6.07, 6.45) is 1.36. The van der Waals surface area contributed by atoms with Gasteiger partial charge in [-0.25, -0.2) is 0 Å². The van der Waals surface area contributed by atoms with Crippen molar-refractivity contribution in [2.24, 2.45) is 0 Å². The molecular formula is C12H15NO2. The van der Waals surface area contributed by atoms with Gasteiger partial charge in [-0.1, -0.05) is 18.2 Å². The SMILES string of the molecule is c1ccc2c(c1)CC(C1CNCCO1)O2. The molecule has 2 aliphatic rings. The first-order valence-electron chi connectivity index (χ1n) is 5.50. The molecule has 0 saturated carbocycles. The third-order valence-corrected chi connectivity index (χ3v) is 3.04. The van der Waals surface area contributed by atoms with E-state index in [-0.39, 0.29) is 12.2 Å². The second-order valence-electron chi connectivity index (χ2n) is 4.08. The molecule has 0 spiro atoms. The van der Waals surface area contributed by atoms with Gasteiger partial charge in [0.05, 0.1) is 6.61 Å². The lowest BCUT2D eigenvalue weighted by Gasteiger charge is -2.27. The smallest absolute Gasteiger partial charge is 0.130 e. The van der Waals surface area contributed by atoms with Crippen molar-refractivity contribution in [1.82, 2.24) is 5.32 Å². The predicted octanol–water partition coefficient (Wildman–Crippen LogP) is 0.978. The van der Waals surface area contributed by atoms with E-state index in [4.69, 9.17) is 9.47 Å². The van der Waals surface area contributed by atoms with Crippen LogP contribution < -0.4 is 10.1 Å². The summed E-state index contributed by atoms with van der Waals surface area (Å²) in [6, 6.07) is 8.24. The number of para-hydroxylation sites is 1. The van der Waals surface area contributed by atoms with Gasteiger partial charge in [-0.05, 0) is 11.6 Å². The van der Waals surface area contributed by atoms with Crippen molar-refractivity contribution in [1.29, 1.82) is 0 Å². The molecule has 3 rings (SSSR count). The Hall–Kier alpha value is -1.06. The van der Waals surface area contributed by atoms with Gasteiger partial charge in [-0.3, -0.25) is 0 Å². The molecule has 0 radical (unpaired) electrons. The van der Waals surface area contributed by atoms with Crippen LogP contribution in [0.1, 0.15) is 5.56 Å². The van der Waals surface area contributed by atoms with Crippen LogP contribution in [0.15, 0.2) is 24.3 Å². The van der Waals surface area contributed by atoms with Gasteiger partial charge in [0.25, 0.3) is 0 Å². The van der Waals surface area contributed by atoms with Gasteiger partial charge in [0.2, 0.25) is 0 Å². The van der Waals surface area contributed by atoms with Gasteiger partial charge < -0.3 is 14.8 Å². The van der Waals surface area contributed by atoms with Gasteiger partial charge >= 0.3 is 0 Å². The molecule has 0 aromatic heterocycles. The van der Waals surface area contributed by atoms with Crippen LogP contribution in [0.4, 0.5) is 0 Å². The number of fused-ring (bicyclic) bond motifs is 1. The standard InChI is InChI=1S/C12H15NO2/c1-2-4-10-9(3-1)7-11(15-10)12-8-13-5-6-14-12/h1-4,11-13H,5-8H2. The van der Waals surface area contributed by atoms with Crippen LogP contribution in [0, 0.1) is 0 Å². The lowest BCUT2D eigenvalue weighted by atomic mass is 10.1. The molecule has 1 fully saturated rings. The Kier molecular flexibility index (Phi) is 2.35. The zero-order valence-corrected chi connectivity index (χ0v) is 8.61. The van der Waals surface area contributed by atoms with E-state index in [2.05, 4.69) is 17.4 Å². The lowest BCUT2D eigenvalue weighted by molar-refractivity contribution is -0.0342. The van der Waals surface area contributed by atoms with Crippen molar-refractivity contribution in [3.63, 3.8) is 0 Å². The minimum Gasteiger partial charge on any atom is -0.487 e. The molecule has 2 atom stereocenters. The fourth-order valence-electron chi connectivity index (χ4n) is 2.24. The summed E-state index contributed by atoms with van der Waals surface area (Å²) in [7, 11) is 0. The Morgan fingerprint density at radius 3 is 2.93 bits per heavy atom. The minimum absolute atomic E-state index is 0.190. The number of hydrogen-bond acceptors (Lipinski definition) is 3. The molecule has 1 saturated heterocycles. The number of hydrogen-bond donors (Lipinski definition) is 1. The topological polar surface area (TPSA) is 30.5 Å². The fraction of sp³-hybridized carbons (Fsp3) is 0.500. The molecule has 80 valence electrons. The van der Waals surface area contributed by atoms with Gasteiger partial charge in [0.1, 0.15) is 18.0 Å². The van der Waals surface area contributed by atoms with Gasteiger partial charge in [-0.15, -0.1) is 0 Å². The van der Waals surface area contributed by atoms with Crippen molar-refractivity contribution in [2.45, 2.75) is 18.6 Å². The predicted molar refractivity (Wildman–Crippen MR) is 57.2 cm³/mol. The number of nitrogens with one attached hydrogen (secondary N) is 1. The first-order valence-corrected chi connectivity index (χ1v) is 5.50. The van der Waals surface area contributed by atoms with Crippen LogP contribution in [0.2, 0.25) is 0 Å². The highest BCUT2D eigenvalue weighted by Gasteiger charge is 2.31. The van der Waals surface area contributed by atoms with E-state index in [1.165, 1.54) is 5.56 Å². The first kappa shape index (κ1) is 9.19. The van der Waals surface area contributed by atoms with E-state index < -0.39 is 0 Å². The van der Waals surface area contributed by atoms with Gasteiger partial charge in [0, 0.05) is 19.5 Å². The number of rotatable bonds is 1. The molecule has 2 unspecified atom stereocenters. The highest BCUT2D eigenvalue weighted by atomic mass is 16.5. The van der Waals surface area contributed by atoms with Crippen LogP contribution >= 0.6 is 0 Å². The summed E-state index contributed by atoms with van der Waals surface area (Å²) >= 11 is 0. The third-order valence-electron chi connectivity index (χ3n) is 3.04. The maximum atomic E-state index is 5.88. The Balaban J connectivity index is 1.72. The van der Waals surface area contributed by atoms with Crippen LogP contribution in [-0.2, 0) is 11.2 Å². The molecule has 15 heavy (non-hydrogen) atoms. The van der Waals surface area contributed by atoms with Gasteiger partial charge in [-0.2, -0.15) is 0 Å². The molecule has 1 N–H and O–H groups in total. The zero-order valence-electron chi connectivity index (χ0n) is 8.61. The van der Waals surface area contributed by atoms with E-state index in [9.17, 15) is 0 Å². The summed E-state index contributed by atoms with van der Waals surface area (Å²) in [5.74, 6) is 1.02. The monoisotopic (exact) mass is 205 g/mol. The third kappa shape index (κ3) is 1.73. The average molecular weight is 205 g/mol. The van der Waals surface area contributed by atoms with Crippen LogP contribution in [0.25, 0.3) is 0 Å². The largest absolute Gasteiger partial charge is 0.487 e. The summed E-state index contributed by atoms with van der Waals surface area (Å²) in [5, 5.41) is 3.33. The minimum atomic E-state index is 0.190. The summed E-state index contributed by atoms with van der Waals surface area (Å²) < 4.78 is 11.6. The Bertz CT molecular complexity index is 322. The fourth-order valence-corrected chi connectivity index (χ4v) is 2.24. The molecule has 3 heteroatoms. The van der Waals surface area contributed by atoms with Crippen molar-refractivity contribution < 1.29 is 9.47 Å². The maximum absolute atomic E-state index is 5.88. The molecule has 3 nitrogen and oxygen atoms in total. The lowest BCUT2D eigenvalue weighted by Crippen LogP contribution is -2.46. The van der Waals surface area contributed by atoms with E-state index >= 15 is 0 Å². The Morgan fingerprint density at radius 1 is 1.20 bits per heavy atom. The summed E-state index contributed by atoms with van der Waals surface area (Å²) in [5.41, 5.74) is 1.30. The molecule has 0 amide bonds. The van der Waals surface area contributed by atoms with Crippen LogP contribution in [-0.4, -0.2) is 31.9 Å². The number of benzene rings is 1. The van der Waals surface area contributed by atoms with E-state index in [1.54, 1.807) is 0 Å². The highest BCUT2D eigenvalue weighted by Crippen LogP contribution is 2.30. The molecule has 0 aliphatic carbocycles. The molecule has 0 bridgehead atoms. The van der Waals surface area contributed by atoms with Crippen molar-refractivity contribution in [2.75, 3.05) is 19.7 Å². The van der Waals surface area contributed by atoms with Gasteiger partial charge in [0.15, 0.2) is 0 Å². The number of ether oxygens (including phenoxy) is 2. The highest BCUT2D eigenvalue weighted by molar-refractivity contribution is 5.37. The first-order chi connectivity index (χ1) is 7.43. The average Bonchev–Trinajstić information content (AvgIpc) is 2.74. The molecule has 2 aliphatic heterocycles. The normalized spacial score (nSPS) is 29.6. The van der Waals surface area contributed by atoms with E-state index in [0.717, 1.165) is 31.9 Å².